The molecule has 0 aliphatic heterocycles. The molecule has 3 rings (SSSR count). The van der Waals surface area contributed by atoms with Crippen LogP contribution in [0, 0.1) is 35.0 Å². The lowest BCUT2D eigenvalue weighted by atomic mass is 9.77. The average molecular weight is 246 g/mol. The standard InChI is InChI=1S/C15H22N2O/c1-10-2-4-15(9-16,5-3-10)17-14(18)13-7-11-6-12(11)8-13/h10-13H,2-8H2,1H3,(H,17,18). The van der Waals surface area contributed by atoms with Gasteiger partial charge in [0, 0.05) is 5.92 Å². The summed E-state index contributed by atoms with van der Waals surface area (Å²) in [4.78, 5) is 12.3. The Morgan fingerprint density at radius 3 is 2.39 bits per heavy atom. The van der Waals surface area contributed by atoms with Gasteiger partial charge in [-0.25, -0.2) is 0 Å². The van der Waals surface area contributed by atoms with Crippen molar-refractivity contribution in [2.45, 2.75) is 57.4 Å². The second-order valence-electron chi connectivity index (χ2n) is 6.79. The van der Waals surface area contributed by atoms with E-state index in [2.05, 4.69) is 18.3 Å². The molecule has 3 saturated carbocycles. The molecule has 3 nitrogen and oxygen atoms in total. The molecule has 0 aromatic rings. The summed E-state index contributed by atoms with van der Waals surface area (Å²) >= 11 is 0. The van der Waals surface area contributed by atoms with Crippen molar-refractivity contribution in [3.05, 3.63) is 0 Å². The molecule has 3 heteroatoms. The Balaban J connectivity index is 1.60. The van der Waals surface area contributed by atoms with Crippen LogP contribution in [0.1, 0.15) is 51.9 Å². The van der Waals surface area contributed by atoms with E-state index in [4.69, 9.17) is 0 Å². The van der Waals surface area contributed by atoms with Gasteiger partial charge in [0.1, 0.15) is 5.54 Å². The van der Waals surface area contributed by atoms with Gasteiger partial charge in [-0.2, -0.15) is 5.26 Å². The molecule has 0 saturated heterocycles. The van der Waals surface area contributed by atoms with Crippen molar-refractivity contribution in [3.63, 3.8) is 0 Å². The second-order valence-corrected chi connectivity index (χ2v) is 6.79. The average Bonchev–Trinajstić information content (AvgIpc) is 2.99. The Kier molecular flexibility index (Phi) is 2.84. The number of fused-ring (bicyclic) bond motifs is 1. The summed E-state index contributed by atoms with van der Waals surface area (Å²) < 4.78 is 0. The lowest BCUT2D eigenvalue weighted by Crippen LogP contribution is -2.51. The van der Waals surface area contributed by atoms with E-state index in [0.29, 0.717) is 5.92 Å². The van der Waals surface area contributed by atoms with Crippen LogP contribution in [0.15, 0.2) is 0 Å². The van der Waals surface area contributed by atoms with E-state index in [1.54, 1.807) is 0 Å². The molecule has 0 radical (unpaired) electrons. The summed E-state index contributed by atoms with van der Waals surface area (Å²) in [6.45, 7) is 2.23. The highest BCUT2D eigenvalue weighted by molar-refractivity contribution is 5.80. The number of hydrogen-bond donors (Lipinski definition) is 1. The fourth-order valence-corrected chi connectivity index (χ4v) is 3.79. The van der Waals surface area contributed by atoms with Crippen molar-refractivity contribution in [1.29, 1.82) is 5.26 Å². The summed E-state index contributed by atoms with van der Waals surface area (Å²) in [5.74, 6) is 2.69. The molecule has 2 atom stereocenters. The molecule has 3 fully saturated rings. The van der Waals surface area contributed by atoms with Gasteiger partial charge in [-0.3, -0.25) is 4.79 Å². The highest BCUT2D eigenvalue weighted by Gasteiger charge is 2.49. The number of nitriles is 1. The van der Waals surface area contributed by atoms with Gasteiger partial charge in [-0.1, -0.05) is 6.92 Å². The maximum atomic E-state index is 12.3. The number of carbonyl (C=O) groups is 1. The molecule has 0 aromatic heterocycles. The molecule has 18 heavy (non-hydrogen) atoms. The van der Waals surface area contributed by atoms with Crippen molar-refractivity contribution >= 4 is 5.91 Å². The Hall–Kier alpha value is -1.04. The first kappa shape index (κ1) is 12.0. The zero-order chi connectivity index (χ0) is 12.8. The largest absolute Gasteiger partial charge is 0.338 e. The van der Waals surface area contributed by atoms with Crippen molar-refractivity contribution in [2.75, 3.05) is 0 Å². The summed E-state index contributed by atoms with van der Waals surface area (Å²) in [5.41, 5.74) is -0.559. The first-order valence-corrected chi connectivity index (χ1v) is 7.35. The fourth-order valence-electron chi connectivity index (χ4n) is 3.79. The van der Waals surface area contributed by atoms with Crippen LogP contribution in [0.25, 0.3) is 0 Å². The minimum atomic E-state index is -0.559. The van der Waals surface area contributed by atoms with Crippen LogP contribution in [0.4, 0.5) is 0 Å². The molecule has 0 heterocycles. The van der Waals surface area contributed by atoms with E-state index in [0.717, 1.165) is 50.4 Å². The third-order valence-corrected chi connectivity index (χ3v) is 5.32. The third kappa shape index (κ3) is 2.13. The van der Waals surface area contributed by atoms with Crippen molar-refractivity contribution in [1.82, 2.24) is 5.32 Å². The molecule has 0 aromatic carbocycles. The van der Waals surface area contributed by atoms with E-state index in [-0.39, 0.29) is 11.8 Å². The van der Waals surface area contributed by atoms with E-state index in [1.165, 1.54) is 6.42 Å². The van der Waals surface area contributed by atoms with Gasteiger partial charge in [0.2, 0.25) is 5.91 Å². The number of nitrogens with one attached hydrogen (secondary N) is 1. The zero-order valence-corrected chi connectivity index (χ0v) is 11.1. The van der Waals surface area contributed by atoms with Crippen LogP contribution >= 0.6 is 0 Å². The Morgan fingerprint density at radius 2 is 1.83 bits per heavy atom. The topological polar surface area (TPSA) is 52.9 Å². The fraction of sp³-hybridized carbons (Fsp3) is 0.867. The van der Waals surface area contributed by atoms with Crippen LogP contribution in [-0.4, -0.2) is 11.4 Å². The quantitative estimate of drug-likeness (QED) is 0.814. The number of carbonyl (C=O) groups excluding carboxylic acids is 1. The maximum absolute atomic E-state index is 12.3. The summed E-state index contributed by atoms with van der Waals surface area (Å²) in [7, 11) is 0. The Bertz CT molecular complexity index is 380. The third-order valence-electron chi connectivity index (χ3n) is 5.32. The maximum Gasteiger partial charge on any atom is 0.224 e. The molecule has 3 aliphatic rings. The van der Waals surface area contributed by atoms with Gasteiger partial charge in [0.25, 0.3) is 0 Å². The minimum Gasteiger partial charge on any atom is -0.338 e. The van der Waals surface area contributed by atoms with E-state index >= 15 is 0 Å². The summed E-state index contributed by atoms with van der Waals surface area (Å²) in [6, 6.07) is 2.38. The van der Waals surface area contributed by atoms with Gasteiger partial charge in [-0.15, -0.1) is 0 Å². The molecular formula is C15H22N2O. The van der Waals surface area contributed by atoms with Gasteiger partial charge in [0.05, 0.1) is 6.07 Å². The molecule has 1 N–H and O–H groups in total. The number of amides is 1. The number of hydrogen-bond acceptors (Lipinski definition) is 2. The molecule has 0 bridgehead atoms. The lowest BCUT2D eigenvalue weighted by Gasteiger charge is -2.35. The van der Waals surface area contributed by atoms with Crippen LogP contribution in [0.3, 0.4) is 0 Å². The van der Waals surface area contributed by atoms with Crippen molar-refractivity contribution in [3.8, 4) is 6.07 Å². The van der Waals surface area contributed by atoms with Gasteiger partial charge in [0.15, 0.2) is 0 Å². The van der Waals surface area contributed by atoms with Crippen LogP contribution in [-0.2, 0) is 4.79 Å². The van der Waals surface area contributed by atoms with E-state index < -0.39 is 5.54 Å². The first-order chi connectivity index (χ1) is 8.62. The first-order valence-electron chi connectivity index (χ1n) is 7.35. The Labute approximate surface area is 109 Å². The Morgan fingerprint density at radius 1 is 1.22 bits per heavy atom. The van der Waals surface area contributed by atoms with Gasteiger partial charge < -0.3 is 5.32 Å². The summed E-state index contributed by atoms with van der Waals surface area (Å²) in [5, 5.41) is 12.5. The molecular weight excluding hydrogens is 224 g/mol. The molecule has 98 valence electrons. The van der Waals surface area contributed by atoms with Gasteiger partial charge >= 0.3 is 0 Å². The summed E-state index contributed by atoms with van der Waals surface area (Å²) in [6.07, 6.45) is 7.24. The highest BCUT2D eigenvalue weighted by atomic mass is 16.2. The minimum absolute atomic E-state index is 0.151. The monoisotopic (exact) mass is 246 g/mol. The highest BCUT2D eigenvalue weighted by Crippen LogP contribution is 2.54. The lowest BCUT2D eigenvalue weighted by molar-refractivity contribution is -0.126. The predicted octanol–water partition coefficient (Wildman–Crippen LogP) is 2.62. The normalized spacial score (nSPS) is 46.0. The van der Waals surface area contributed by atoms with Crippen LogP contribution < -0.4 is 5.32 Å². The second kappa shape index (κ2) is 4.26. The zero-order valence-electron chi connectivity index (χ0n) is 11.1. The number of rotatable bonds is 2. The van der Waals surface area contributed by atoms with Crippen LogP contribution in [0.2, 0.25) is 0 Å². The van der Waals surface area contributed by atoms with Crippen LogP contribution in [0.5, 0.6) is 0 Å². The smallest absolute Gasteiger partial charge is 0.224 e. The van der Waals surface area contributed by atoms with E-state index in [1.807, 2.05) is 0 Å². The predicted molar refractivity (Wildman–Crippen MR) is 68.4 cm³/mol. The van der Waals surface area contributed by atoms with Gasteiger partial charge in [-0.05, 0) is 62.7 Å². The van der Waals surface area contributed by atoms with Crippen molar-refractivity contribution in [2.24, 2.45) is 23.7 Å². The van der Waals surface area contributed by atoms with E-state index in [9.17, 15) is 10.1 Å². The molecule has 1 amide bonds. The number of nitrogens with zero attached hydrogens (tertiary/aromatic N) is 1. The van der Waals surface area contributed by atoms with Crippen molar-refractivity contribution < 1.29 is 4.79 Å². The molecule has 2 unspecified atom stereocenters. The SMILES string of the molecule is CC1CCC(C#N)(NC(=O)C2CC3CC3C2)CC1. The molecule has 3 aliphatic carbocycles. The molecule has 0 spiro atoms.